The van der Waals surface area contributed by atoms with Gasteiger partial charge in [0.1, 0.15) is 0 Å². The first-order chi connectivity index (χ1) is 8.69. The molecule has 4 heteroatoms. The van der Waals surface area contributed by atoms with E-state index in [9.17, 15) is 4.79 Å². The van der Waals surface area contributed by atoms with E-state index in [2.05, 4.69) is 4.90 Å². The van der Waals surface area contributed by atoms with Crippen LogP contribution in [0.2, 0.25) is 0 Å². The van der Waals surface area contributed by atoms with E-state index in [1.165, 1.54) is 4.88 Å². The highest BCUT2D eigenvalue weighted by atomic mass is 32.1. The largest absolute Gasteiger partial charge is 0.377 e. The van der Waals surface area contributed by atoms with E-state index in [1.807, 2.05) is 26.0 Å². The first kappa shape index (κ1) is 13.7. The van der Waals surface area contributed by atoms with Gasteiger partial charge in [-0.2, -0.15) is 0 Å². The van der Waals surface area contributed by atoms with Gasteiger partial charge < -0.3 is 4.74 Å². The Morgan fingerprint density at radius 3 is 3.06 bits per heavy atom. The molecule has 1 aliphatic heterocycles. The van der Waals surface area contributed by atoms with Crippen LogP contribution in [-0.4, -0.2) is 43.0 Å². The quantitative estimate of drug-likeness (QED) is 0.768. The Kier molecular flexibility index (Phi) is 4.92. The van der Waals surface area contributed by atoms with E-state index in [1.54, 1.807) is 11.3 Å². The molecule has 0 spiro atoms. The molecule has 0 N–H and O–H groups in total. The van der Waals surface area contributed by atoms with Gasteiger partial charge in [-0.1, -0.05) is 0 Å². The van der Waals surface area contributed by atoms with Gasteiger partial charge in [-0.25, -0.2) is 0 Å². The Morgan fingerprint density at radius 2 is 2.39 bits per heavy atom. The maximum Gasteiger partial charge on any atom is 0.186 e. The lowest BCUT2D eigenvalue weighted by Gasteiger charge is -2.31. The molecule has 18 heavy (non-hydrogen) atoms. The van der Waals surface area contributed by atoms with Gasteiger partial charge in [0.15, 0.2) is 5.78 Å². The molecule has 1 aromatic heterocycles. The molecule has 0 aromatic carbocycles. The minimum absolute atomic E-state index is 0.241. The van der Waals surface area contributed by atoms with Gasteiger partial charge in [-0.05, 0) is 45.4 Å². The predicted octanol–water partition coefficient (Wildman–Crippen LogP) is 2.74. The van der Waals surface area contributed by atoms with Crippen molar-refractivity contribution in [3.8, 4) is 0 Å². The highest BCUT2D eigenvalue weighted by molar-refractivity contribution is 7.14. The lowest BCUT2D eigenvalue weighted by Crippen LogP contribution is -2.42. The zero-order chi connectivity index (χ0) is 13.0. The van der Waals surface area contributed by atoms with Crippen molar-refractivity contribution in [3.05, 3.63) is 21.9 Å². The summed E-state index contributed by atoms with van der Waals surface area (Å²) in [7, 11) is 0. The Labute approximate surface area is 113 Å². The van der Waals surface area contributed by atoms with Gasteiger partial charge in [-0.15, -0.1) is 11.3 Å². The number of Topliss-reactive ketones (excluding diaryl/α,β-unsaturated/α-hetero) is 1. The molecule has 0 aliphatic carbocycles. The second-order valence-electron chi connectivity index (χ2n) is 4.79. The van der Waals surface area contributed by atoms with Crippen molar-refractivity contribution in [1.82, 2.24) is 4.90 Å². The van der Waals surface area contributed by atoms with E-state index in [0.29, 0.717) is 12.6 Å². The maximum absolute atomic E-state index is 12.1. The van der Waals surface area contributed by atoms with Crippen LogP contribution in [0.15, 0.2) is 12.1 Å². The van der Waals surface area contributed by atoms with Crippen molar-refractivity contribution in [1.29, 1.82) is 0 Å². The number of hydrogen-bond acceptors (Lipinski definition) is 4. The second-order valence-corrected chi connectivity index (χ2v) is 6.08. The molecule has 1 aromatic rings. The molecule has 2 heterocycles. The van der Waals surface area contributed by atoms with Crippen molar-refractivity contribution in [3.63, 3.8) is 0 Å². The Hall–Kier alpha value is -0.710. The first-order valence-electron chi connectivity index (χ1n) is 6.62. The van der Waals surface area contributed by atoms with Crippen molar-refractivity contribution in [2.24, 2.45) is 0 Å². The molecule has 1 atom stereocenters. The van der Waals surface area contributed by atoms with Crippen LogP contribution in [0.5, 0.6) is 0 Å². The Morgan fingerprint density at radius 1 is 1.56 bits per heavy atom. The smallest absolute Gasteiger partial charge is 0.186 e. The topological polar surface area (TPSA) is 29.5 Å². The van der Waals surface area contributed by atoms with Crippen LogP contribution in [0.3, 0.4) is 0 Å². The van der Waals surface area contributed by atoms with Gasteiger partial charge in [0, 0.05) is 18.0 Å². The lowest BCUT2D eigenvalue weighted by atomic mass is 10.1. The van der Waals surface area contributed by atoms with Crippen LogP contribution in [0.1, 0.15) is 34.3 Å². The normalized spacial score (nSPS) is 21.1. The standard InChI is InChI=1S/C14H21NO2S/c1-3-17-12-5-4-8-15(9-12)10-13(16)14-7-6-11(2)18-14/h6-7,12H,3-5,8-10H2,1-2H3. The summed E-state index contributed by atoms with van der Waals surface area (Å²) in [4.78, 5) is 16.4. The van der Waals surface area contributed by atoms with Gasteiger partial charge in [0.2, 0.25) is 0 Å². The summed E-state index contributed by atoms with van der Waals surface area (Å²) in [5.41, 5.74) is 0. The predicted molar refractivity (Wildman–Crippen MR) is 74.5 cm³/mol. The summed E-state index contributed by atoms with van der Waals surface area (Å²) in [6.07, 6.45) is 2.56. The molecule has 1 aliphatic rings. The number of hydrogen-bond donors (Lipinski definition) is 0. The highest BCUT2D eigenvalue weighted by Crippen LogP contribution is 2.18. The summed E-state index contributed by atoms with van der Waals surface area (Å²) in [6, 6.07) is 3.95. The third kappa shape index (κ3) is 3.64. The zero-order valence-electron chi connectivity index (χ0n) is 11.1. The number of thiophene rings is 1. The zero-order valence-corrected chi connectivity index (χ0v) is 12.0. The Balaban J connectivity index is 1.87. The number of ether oxygens (including phenoxy) is 1. The summed E-state index contributed by atoms with van der Waals surface area (Å²) >= 11 is 1.59. The average Bonchev–Trinajstić information content (AvgIpc) is 2.77. The molecular weight excluding hydrogens is 246 g/mol. The number of aryl methyl sites for hydroxylation is 1. The number of carbonyl (C=O) groups excluding carboxylic acids is 1. The number of ketones is 1. The van der Waals surface area contributed by atoms with Crippen LogP contribution in [0.25, 0.3) is 0 Å². The average molecular weight is 267 g/mol. The van der Waals surface area contributed by atoms with E-state index < -0.39 is 0 Å². The summed E-state index contributed by atoms with van der Waals surface area (Å²) in [5.74, 6) is 0.241. The van der Waals surface area contributed by atoms with Crippen LogP contribution in [-0.2, 0) is 4.74 Å². The molecule has 1 fully saturated rings. The molecule has 0 amide bonds. The van der Waals surface area contributed by atoms with Gasteiger partial charge in [0.05, 0.1) is 17.5 Å². The second kappa shape index (κ2) is 6.45. The van der Waals surface area contributed by atoms with Gasteiger partial charge >= 0.3 is 0 Å². The molecule has 2 rings (SSSR count). The highest BCUT2D eigenvalue weighted by Gasteiger charge is 2.22. The van der Waals surface area contributed by atoms with Crippen molar-refractivity contribution in [2.75, 3.05) is 26.2 Å². The molecule has 0 bridgehead atoms. The summed E-state index contributed by atoms with van der Waals surface area (Å²) < 4.78 is 5.65. The fourth-order valence-corrected chi connectivity index (χ4v) is 3.19. The molecule has 0 saturated carbocycles. The minimum atomic E-state index is 0.241. The van der Waals surface area contributed by atoms with Crippen molar-refractivity contribution >= 4 is 17.1 Å². The number of piperidine rings is 1. The first-order valence-corrected chi connectivity index (χ1v) is 7.44. The molecule has 1 unspecified atom stereocenters. The lowest BCUT2D eigenvalue weighted by molar-refractivity contribution is 0.00722. The fraction of sp³-hybridized carbons (Fsp3) is 0.643. The molecule has 100 valence electrons. The molecule has 1 saturated heterocycles. The number of carbonyl (C=O) groups is 1. The number of rotatable bonds is 5. The van der Waals surface area contributed by atoms with Crippen LogP contribution in [0.4, 0.5) is 0 Å². The van der Waals surface area contributed by atoms with E-state index in [0.717, 1.165) is 37.4 Å². The van der Waals surface area contributed by atoms with Crippen LogP contribution in [0, 0.1) is 6.92 Å². The van der Waals surface area contributed by atoms with Crippen LogP contribution < -0.4 is 0 Å². The Bertz CT molecular complexity index is 400. The van der Waals surface area contributed by atoms with Gasteiger partial charge in [-0.3, -0.25) is 9.69 Å². The maximum atomic E-state index is 12.1. The molecule has 3 nitrogen and oxygen atoms in total. The minimum Gasteiger partial charge on any atom is -0.377 e. The summed E-state index contributed by atoms with van der Waals surface area (Å²) in [6.45, 7) is 7.26. The third-order valence-corrected chi connectivity index (χ3v) is 4.29. The van der Waals surface area contributed by atoms with Gasteiger partial charge in [0.25, 0.3) is 0 Å². The molecular formula is C14H21NO2S. The van der Waals surface area contributed by atoms with Crippen molar-refractivity contribution in [2.45, 2.75) is 32.8 Å². The number of likely N-dealkylation sites (tertiary alicyclic amines) is 1. The van der Waals surface area contributed by atoms with Crippen LogP contribution >= 0.6 is 11.3 Å². The van der Waals surface area contributed by atoms with E-state index >= 15 is 0 Å². The molecule has 0 radical (unpaired) electrons. The number of nitrogens with zero attached hydrogens (tertiary/aromatic N) is 1. The summed E-state index contributed by atoms with van der Waals surface area (Å²) in [5, 5.41) is 0. The monoisotopic (exact) mass is 267 g/mol. The SMILES string of the molecule is CCOC1CCCN(CC(=O)c2ccc(C)s2)C1. The van der Waals surface area contributed by atoms with Crippen molar-refractivity contribution < 1.29 is 9.53 Å². The third-order valence-electron chi connectivity index (χ3n) is 3.25. The van der Waals surface area contributed by atoms with E-state index in [-0.39, 0.29) is 5.78 Å². The van der Waals surface area contributed by atoms with E-state index in [4.69, 9.17) is 4.74 Å². The fourth-order valence-electron chi connectivity index (χ4n) is 2.39.